The first kappa shape index (κ1) is 25.6. The summed E-state index contributed by atoms with van der Waals surface area (Å²) >= 11 is 0. The van der Waals surface area contributed by atoms with E-state index in [9.17, 15) is 4.79 Å². The summed E-state index contributed by atoms with van der Waals surface area (Å²) in [4.78, 5) is 10.2. The molecule has 2 heteroatoms. The molecule has 1 radical (unpaired) electrons. The molecule has 26 heavy (non-hydrogen) atoms. The summed E-state index contributed by atoms with van der Waals surface area (Å²) in [5.41, 5.74) is 0. The van der Waals surface area contributed by atoms with Gasteiger partial charge in [-0.3, -0.25) is 4.79 Å². The van der Waals surface area contributed by atoms with E-state index in [0.717, 1.165) is 12.8 Å². The van der Waals surface area contributed by atoms with E-state index >= 15 is 0 Å². The molecule has 0 rings (SSSR count). The molecular weight excluding hydrogens is 320 g/mol. The van der Waals surface area contributed by atoms with Gasteiger partial charge in [0.1, 0.15) is 6.10 Å². The molecule has 0 aromatic carbocycles. The van der Waals surface area contributed by atoms with Gasteiger partial charge in [0.2, 0.25) is 6.29 Å². The number of hydrogen-bond acceptors (Lipinski definition) is 2. The van der Waals surface area contributed by atoms with Crippen LogP contribution in [-0.4, -0.2) is 17.5 Å². The predicted molar refractivity (Wildman–Crippen MR) is 114 cm³/mol. The van der Waals surface area contributed by atoms with Gasteiger partial charge in [-0.15, -0.1) is 0 Å². The molecule has 1 unspecified atom stereocenters. The smallest absolute Gasteiger partial charge is 0.229 e. The van der Waals surface area contributed by atoms with Crippen LogP contribution in [-0.2, 0) is 4.79 Å². The van der Waals surface area contributed by atoms with Gasteiger partial charge in [0, 0.05) is 0 Å². The summed E-state index contributed by atoms with van der Waals surface area (Å²) in [6, 6.07) is 0. The van der Waals surface area contributed by atoms with E-state index in [4.69, 9.17) is 5.11 Å². The fourth-order valence-corrected chi connectivity index (χ4v) is 3.65. The number of unbranched alkanes of at least 4 members (excludes halogenated alkanes) is 19. The summed E-state index contributed by atoms with van der Waals surface area (Å²) in [6.07, 6.45) is 28.8. The van der Waals surface area contributed by atoms with Gasteiger partial charge in [-0.1, -0.05) is 135 Å². The zero-order valence-corrected chi connectivity index (χ0v) is 17.8. The van der Waals surface area contributed by atoms with E-state index < -0.39 is 6.10 Å². The summed E-state index contributed by atoms with van der Waals surface area (Å²) in [6.45, 7) is 2.29. The van der Waals surface area contributed by atoms with Crippen LogP contribution >= 0.6 is 0 Å². The van der Waals surface area contributed by atoms with Gasteiger partial charge in [0.25, 0.3) is 0 Å². The predicted octanol–water partition coefficient (Wildman–Crippen LogP) is 7.67. The maximum absolute atomic E-state index is 10.2. The molecule has 0 aliphatic rings. The van der Waals surface area contributed by atoms with Gasteiger partial charge in [-0.2, -0.15) is 0 Å². The molecule has 0 amide bonds. The van der Waals surface area contributed by atoms with Crippen LogP contribution in [0.15, 0.2) is 0 Å². The number of carbonyl (C=O) groups excluding carboxylic acids is 1. The minimum absolute atomic E-state index is 0.586. The Morgan fingerprint density at radius 2 is 0.808 bits per heavy atom. The fourth-order valence-electron chi connectivity index (χ4n) is 3.65. The zero-order valence-electron chi connectivity index (χ0n) is 17.8. The Morgan fingerprint density at radius 3 is 1.08 bits per heavy atom. The van der Waals surface area contributed by atoms with Crippen LogP contribution in [0.1, 0.15) is 142 Å². The molecule has 0 saturated carbocycles. The second-order valence-corrected chi connectivity index (χ2v) is 8.14. The number of aliphatic hydroxyl groups excluding tert-OH is 1. The third kappa shape index (κ3) is 21.7. The van der Waals surface area contributed by atoms with Crippen molar-refractivity contribution in [3.63, 3.8) is 0 Å². The van der Waals surface area contributed by atoms with Crippen LogP contribution in [0.25, 0.3) is 0 Å². The number of aliphatic hydroxyl groups is 1. The first-order valence-corrected chi connectivity index (χ1v) is 11.9. The number of hydrogen-bond donors (Lipinski definition) is 1. The average Bonchev–Trinajstić information content (AvgIpc) is 2.66. The Kier molecular flexibility index (Phi) is 22.3. The quantitative estimate of drug-likeness (QED) is 0.199. The van der Waals surface area contributed by atoms with Crippen molar-refractivity contribution in [1.29, 1.82) is 0 Å². The summed E-state index contributed by atoms with van der Waals surface area (Å²) in [5.74, 6) is 0. The molecule has 0 spiro atoms. The Balaban J connectivity index is 3.00. The van der Waals surface area contributed by atoms with E-state index in [0.29, 0.717) is 6.42 Å². The molecule has 2 nitrogen and oxygen atoms in total. The van der Waals surface area contributed by atoms with Crippen molar-refractivity contribution in [2.24, 2.45) is 0 Å². The van der Waals surface area contributed by atoms with Crippen LogP contribution in [0.5, 0.6) is 0 Å². The van der Waals surface area contributed by atoms with E-state index in [2.05, 4.69) is 6.92 Å². The Hall–Kier alpha value is -0.370. The molecule has 155 valence electrons. The lowest BCUT2D eigenvalue weighted by Crippen LogP contribution is -2.06. The van der Waals surface area contributed by atoms with Crippen molar-refractivity contribution in [2.45, 2.75) is 148 Å². The summed E-state index contributed by atoms with van der Waals surface area (Å²) in [5, 5.41) is 9.09. The SMILES string of the molecule is CCCCCCCCCCCCCCCCCCCCCCC(O)[C]=O. The zero-order chi connectivity index (χ0) is 19.1. The highest BCUT2D eigenvalue weighted by Gasteiger charge is 2.01. The molecule has 0 heterocycles. The molecule has 0 aliphatic heterocycles. The highest BCUT2D eigenvalue weighted by atomic mass is 16.3. The van der Waals surface area contributed by atoms with Crippen molar-refractivity contribution < 1.29 is 9.90 Å². The van der Waals surface area contributed by atoms with Crippen LogP contribution in [0, 0.1) is 0 Å². The standard InChI is InChI=1S/C24H47O2/c1-2-3-4-5-6-7-8-9-10-11-12-13-14-15-16-17-18-19-20-21-22-24(26)23-25/h24,26H,2-22H2,1H3. The molecule has 0 aromatic rings. The lowest BCUT2D eigenvalue weighted by atomic mass is 10.0. The average molecular weight is 368 g/mol. The molecule has 0 aromatic heterocycles. The van der Waals surface area contributed by atoms with Gasteiger partial charge in [0.15, 0.2) is 0 Å². The molecule has 0 bridgehead atoms. The third-order valence-electron chi connectivity index (χ3n) is 5.47. The number of rotatable bonds is 22. The normalized spacial score (nSPS) is 12.4. The summed E-state index contributed by atoms with van der Waals surface area (Å²) < 4.78 is 0. The van der Waals surface area contributed by atoms with Crippen LogP contribution in [0.4, 0.5) is 0 Å². The van der Waals surface area contributed by atoms with E-state index in [-0.39, 0.29) is 0 Å². The van der Waals surface area contributed by atoms with Crippen LogP contribution < -0.4 is 0 Å². The molecule has 1 atom stereocenters. The van der Waals surface area contributed by atoms with Crippen molar-refractivity contribution in [2.75, 3.05) is 0 Å². The Labute approximate surface area is 164 Å². The van der Waals surface area contributed by atoms with Gasteiger partial charge < -0.3 is 5.11 Å². The summed E-state index contributed by atoms with van der Waals surface area (Å²) in [7, 11) is 0. The first-order chi connectivity index (χ1) is 12.8. The van der Waals surface area contributed by atoms with Crippen molar-refractivity contribution in [3.8, 4) is 0 Å². The fraction of sp³-hybridized carbons (Fsp3) is 0.958. The maximum Gasteiger partial charge on any atom is 0.229 e. The molecule has 0 aliphatic carbocycles. The van der Waals surface area contributed by atoms with Crippen molar-refractivity contribution in [1.82, 2.24) is 0 Å². The molecule has 1 N–H and O–H groups in total. The van der Waals surface area contributed by atoms with Crippen molar-refractivity contribution >= 4 is 6.29 Å². The van der Waals surface area contributed by atoms with Gasteiger partial charge in [0.05, 0.1) is 0 Å². The van der Waals surface area contributed by atoms with Gasteiger partial charge >= 0.3 is 0 Å². The van der Waals surface area contributed by atoms with Gasteiger partial charge in [-0.25, -0.2) is 0 Å². The monoisotopic (exact) mass is 367 g/mol. The first-order valence-electron chi connectivity index (χ1n) is 11.9. The molecule has 0 fully saturated rings. The second kappa shape index (κ2) is 22.7. The lowest BCUT2D eigenvalue weighted by Gasteiger charge is -2.04. The Morgan fingerprint density at radius 1 is 0.538 bits per heavy atom. The minimum Gasteiger partial charge on any atom is -0.385 e. The van der Waals surface area contributed by atoms with Gasteiger partial charge in [-0.05, 0) is 6.42 Å². The van der Waals surface area contributed by atoms with Crippen molar-refractivity contribution in [3.05, 3.63) is 0 Å². The second-order valence-electron chi connectivity index (χ2n) is 8.14. The minimum atomic E-state index is -0.856. The largest absolute Gasteiger partial charge is 0.385 e. The van der Waals surface area contributed by atoms with E-state index in [1.165, 1.54) is 116 Å². The Bertz CT molecular complexity index is 265. The topological polar surface area (TPSA) is 37.3 Å². The van der Waals surface area contributed by atoms with Crippen LogP contribution in [0.3, 0.4) is 0 Å². The third-order valence-corrected chi connectivity index (χ3v) is 5.47. The molecular formula is C24H47O2. The van der Waals surface area contributed by atoms with Crippen LogP contribution in [0.2, 0.25) is 0 Å². The van der Waals surface area contributed by atoms with E-state index in [1.807, 2.05) is 0 Å². The van der Waals surface area contributed by atoms with E-state index in [1.54, 1.807) is 6.29 Å². The highest BCUT2D eigenvalue weighted by molar-refractivity contribution is 5.56. The highest BCUT2D eigenvalue weighted by Crippen LogP contribution is 2.15. The molecule has 0 saturated heterocycles. The maximum atomic E-state index is 10.2. The lowest BCUT2D eigenvalue weighted by molar-refractivity contribution is 0.219.